The molecule has 22 heavy (non-hydrogen) atoms. The maximum Gasteiger partial charge on any atom is 0.267 e. The van der Waals surface area contributed by atoms with Crippen LogP contribution in [0.4, 0.5) is 0 Å². The summed E-state index contributed by atoms with van der Waals surface area (Å²) in [5, 5.41) is 0. The molecule has 1 aliphatic rings. The molecule has 0 atom stereocenters. The van der Waals surface area contributed by atoms with Gasteiger partial charge in [0.15, 0.2) is 0 Å². The Bertz CT molecular complexity index is 634. The number of carbonyl (C=O) groups excluding carboxylic acids is 2. The van der Waals surface area contributed by atoms with Gasteiger partial charge in [0.1, 0.15) is 0 Å². The standard InChI is InChI=1S/C18H23NO2S/c1-5-7-10-19-17(20)15(16(18(19)21)22-6-2)14-9-8-12(3)11-13(14)4/h8-9,11H,5-7,10H2,1-4H3. The number of unbranched alkanes of at least 4 members (excludes halogenated alkanes) is 1. The van der Waals surface area contributed by atoms with E-state index in [9.17, 15) is 9.59 Å². The summed E-state index contributed by atoms with van der Waals surface area (Å²) in [6.45, 7) is 8.60. The van der Waals surface area contributed by atoms with Crippen LogP contribution in [0.5, 0.6) is 0 Å². The average Bonchev–Trinajstić information content (AvgIpc) is 2.70. The number of amides is 2. The highest BCUT2D eigenvalue weighted by atomic mass is 32.2. The van der Waals surface area contributed by atoms with Crippen LogP contribution in [-0.2, 0) is 9.59 Å². The van der Waals surface area contributed by atoms with E-state index in [1.807, 2.05) is 32.9 Å². The zero-order valence-corrected chi connectivity index (χ0v) is 14.5. The summed E-state index contributed by atoms with van der Waals surface area (Å²) < 4.78 is 0. The zero-order valence-electron chi connectivity index (χ0n) is 13.7. The number of carbonyl (C=O) groups is 2. The number of hydrogen-bond donors (Lipinski definition) is 0. The SMILES string of the molecule is CCCCN1C(=O)C(SCC)=C(c2ccc(C)cc2C)C1=O. The molecule has 0 spiro atoms. The maximum absolute atomic E-state index is 12.8. The minimum Gasteiger partial charge on any atom is -0.274 e. The lowest BCUT2D eigenvalue weighted by molar-refractivity contribution is -0.136. The third-order valence-corrected chi connectivity index (χ3v) is 4.76. The van der Waals surface area contributed by atoms with Crippen molar-refractivity contribution in [1.29, 1.82) is 0 Å². The number of imide groups is 1. The Hall–Kier alpha value is -1.55. The second kappa shape index (κ2) is 7.14. The van der Waals surface area contributed by atoms with Crippen LogP contribution in [0.15, 0.2) is 23.1 Å². The first kappa shape index (κ1) is 16.8. The Morgan fingerprint density at radius 1 is 1.09 bits per heavy atom. The minimum absolute atomic E-state index is 0.125. The smallest absolute Gasteiger partial charge is 0.267 e. The molecular weight excluding hydrogens is 294 g/mol. The summed E-state index contributed by atoms with van der Waals surface area (Å²) in [4.78, 5) is 27.4. The van der Waals surface area contributed by atoms with Gasteiger partial charge in [0.05, 0.1) is 10.5 Å². The molecule has 0 radical (unpaired) electrons. The number of hydrogen-bond acceptors (Lipinski definition) is 3. The summed E-state index contributed by atoms with van der Waals surface area (Å²) in [6, 6.07) is 6.02. The van der Waals surface area contributed by atoms with Crippen molar-refractivity contribution in [2.75, 3.05) is 12.3 Å². The van der Waals surface area contributed by atoms with E-state index in [4.69, 9.17) is 0 Å². The molecule has 1 aromatic carbocycles. The van der Waals surface area contributed by atoms with Crippen molar-refractivity contribution < 1.29 is 9.59 Å². The van der Waals surface area contributed by atoms with E-state index < -0.39 is 0 Å². The van der Waals surface area contributed by atoms with Gasteiger partial charge in [0.25, 0.3) is 11.8 Å². The van der Waals surface area contributed by atoms with Crippen LogP contribution in [-0.4, -0.2) is 29.0 Å². The fourth-order valence-electron chi connectivity index (χ4n) is 2.68. The summed E-state index contributed by atoms with van der Waals surface area (Å²) in [7, 11) is 0. The second-order valence-corrected chi connectivity index (χ2v) is 6.85. The van der Waals surface area contributed by atoms with Gasteiger partial charge in [-0.25, -0.2) is 0 Å². The lowest BCUT2D eigenvalue weighted by Crippen LogP contribution is -2.32. The van der Waals surface area contributed by atoms with Crippen molar-refractivity contribution in [1.82, 2.24) is 4.90 Å². The van der Waals surface area contributed by atoms with Gasteiger partial charge >= 0.3 is 0 Å². The maximum atomic E-state index is 12.8. The van der Waals surface area contributed by atoms with Gasteiger partial charge in [-0.1, -0.05) is 44.0 Å². The molecule has 1 aromatic rings. The highest BCUT2D eigenvalue weighted by Gasteiger charge is 2.38. The number of aryl methyl sites for hydroxylation is 2. The Kier molecular flexibility index (Phi) is 5.46. The molecule has 1 aliphatic heterocycles. The molecule has 3 nitrogen and oxygen atoms in total. The summed E-state index contributed by atoms with van der Waals surface area (Å²) >= 11 is 1.47. The predicted molar refractivity (Wildman–Crippen MR) is 92.6 cm³/mol. The molecule has 0 aliphatic carbocycles. The average molecular weight is 317 g/mol. The monoisotopic (exact) mass is 317 g/mol. The third kappa shape index (κ3) is 3.12. The van der Waals surface area contributed by atoms with Crippen LogP contribution < -0.4 is 0 Å². The molecule has 118 valence electrons. The number of thioether (sulfide) groups is 1. The molecule has 0 fully saturated rings. The molecule has 0 N–H and O–H groups in total. The molecule has 0 saturated heterocycles. The van der Waals surface area contributed by atoms with E-state index in [2.05, 4.69) is 13.0 Å². The summed E-state index contributed by atoms with van der Waals surface area (Å²) in [6.07, 6.45) is 1.81. The van der Waals surface area contributed by atoms with E-state index in [0.717, 1.165) is 35.3 Å². The van der Waals surface area contributed by atoms with Crippen molar-refractivity contribution in [3.63, 3.8) is 0 Å². The van der Waals surface area contributed by atoms with Crippen LogP contribution in [0.1, 0.15) is 43.4 Å². The van der Waals surface area contributed by atoms with Crippen LogP contribution in [0.2, 0.25) is 0 Å². The van der Waals surface area contributed by atoms with Crippen LogP contribution in [0.3, 0.4) is 0 Å². The van der Waals surface area contributed by atoms with Gasteiger partial charge in [-0.15, -0.1) is 11.8 Å². The van der Waals surface area contributed by atoms with Gasteiger partial charge in [0.2, 0.25) is 0 Å². The fourth-order valence-corrected chi connectivity index (χ4v) is 3.55. The summed E-state index contributed by atoms with van der Waals surface area (Å²) in [5.41, 5.74) is 3.68. The molecule has 0 bridgehead atoms. The zero-order chi connectivity index (χ0) is 16.3. The fraction of sp³-hybridized carbons (Fsp3) is 0.444. The van der Waals surface area contributed by atoms with Crippen LogP contribution in [0, 0.1) is 13.8 Å². The molecule has 1 heterocycles. The minimum atomic E-state index is -0.138. The number of rotatable bonds is 6. The topological polar surface area (TPSA) is 37.4 Å². The molecule has 2 rings (SSSR count). The van der Waals surface area contributed by atoms with Crippen LogP contribution in [0.25, 0.3) is 5.57 Å². The predicted octanol–water partition coefficient (Wildman–Crippen LogP) is 3.94. The lowest BCUT2D eigenvalue weighted by atomic mass is 9.99. The number of benzene rings is 1. The van der Waals surface area contributed by atoms with Gasteiger partial charge < -0.3 is 0 Å². The second-order valence-electron chi connectivity index (χ2n) is 5.57. The Balaban J connectivity index is 2.48. The molecule has 0 saturated carbocycles. The normalized spacial score (nSPS) is 15.2. The quantitative estimate of drug-likeness (QED) is 0.746. The first-order valence-corrected chi connectivity index (χ1v) is 8.80. The van der Waals surface area contributed by atoms with E-state index in [0.29, 0.717) is 17.0 Å². The van der Waals surface area contributed by atoms with Gasteiger partial charge in [-0.2, -0.15) is 0 Å². The summed E-state index contributed by atoms with van der Waals surface area (Å²) in [5.74, 6) is 0.520. The highest BCUT2D eigenvalue weighted by Crippen LogP contribution is 2.37. The molecule has 0 unspecified atom stereocenters. The van der Waals surface area contributed by atoms with E-state index in [-0.39, 0.29) is 11.8 Å². The Morgan fingerprint density at radius 3 is 2.41 bits per heavy atom. The van der Waals surface area contributed by atoms with Crippen molar-refractivity contribution in [3.05, 3.63) is 39.8 Å². The largest absolute Gasteiger partial charge is 0.274 e. The molecule has 0 aromatic heterocycles. The van der Waals surface area contributed by atoms with Crippen molar-refractivity contribution in [2.45, 2.75) is 40.5 Å². The van der Waals surface area contributed by atoms with Gasteiger partial charge in [-0.05, 0) is 37.1 Å². The number of nitrogens with zero attached hydrogens (tertiary/aromatic N) is 1. The molecular formula is C18H23NO2S. The van der Waals surface area contributed by atoms with Crippen molar-refractivity contribution >= 4 is 29.1 Å². The van der Waals surface area contributed by atoms with E-state index in [1.165, 1.54) is 16.7 Å². The van der Waals surface area contributed by atoms with E-state index >= 15 is 0 Å². The Morgan fingerprint density at radius 2 is 1.82 bits per heavy atom. The highest BCUT2D eigenvalue weighted by molar-refractivity contribution is 8.04. The van der Waals surface area contributed by atoms with Crippen LogP contribution >= 0.6 is 11.8 Å². The Labute approximate surface area is 136 Å². The van der Waals surface area contributed by atoms with Gasteiger partial charge in [-0.3, -0.25) is 14.5 Å². The third-order valence-electron chi connectivity index (χ3n) is 3.80. The van der Waals surface area contributed by atoms with Crippen molar-refractivity contribution in [3.8, 4) is 0 Å². The molecule has 2 amide bonds. The molecule has 4 heteroatoms. The van der Waals surface area contributed by atoms with Gasteiger partial charge in [0, 0.05) is 6.54 Å². The lowest BCUT2D eigenvalue weighted by Gasteiger charge is -2.14. The van der Waals surface area contributed by atoms with Crippen molar-refractivity contribution in [2.24, 2.45) is 0 Å². The first-order valence-electron chi connectivity index (χ1n) is 7.82. The van der Waals surface area contributed by atoms with E-state index in [1.54, 1.807) is 0 Å². The first-order chi connectivity index (χ1) is 10.5.